The summed E-state index contributed by atoms with van der Waals surface area (Å²) in [4.78, 5) is 20.6. The van der Waals surface area contributed by atoms with Crippen LogP contribution in [-0.2, 0) is 10.2 Å². The second-order valence-electron chi connectivity index (χ2n) is 8.18. The molecular formula is C23H30N4O. The van der Waals surface area contributed by atoms with Crippen LogP contribution in [0.4, 0.5) is 0 Å². The highest BCUT2D eigenvalue weighted by atomic mass is 16.2. The molecule has 4 N–H and O–H groups in total. The highest BCUT2D eigenvalue weighted by Crippen LogP contribution is 2.37. The second-order valence-corrected chi connectivity index (χ2v) is 8.18. The van der Waals surface area contributed by atoms with Crippen molar-refractivity contribution in [2.45, 2.75) is 46.0 Å². The van der Waals surface area contributed by atoms with E-state index in [0.29, 0.717) is 19.0 Å². The van der Waals surface area contributed by atoms with E-state index >= 15 is 0 Å². The van der Waals surface area contributed by atoms with E-state index in [1.165, 1.54) is 5.56 Å². The van der Waals surface area contributed by atoms with Gasteiger partial charge in [0, 0.05) is 41.4 Å². The largest absolute Gasteiger partial charge is 0.354 e. The molecule has 148 valence electrons. The maximum absolute atomic E-state index is 12.7. The first kappa shape index (κ1) is 20.1. The monoisotopic (exact) mass is 378 g/mol. The fourth-order valence-electron chi connectivity index (χ4n) is 3.67. The number of nitrogens with one attached hydrogen (secondary N) is 2. The third-order valence-electron chi connectivity index (χ3n) is 5.32. The molecule has 3 aromatic rings. The number of nitrogens with zero attached hydrogens (tertiary/aromatic N) is 1. The summed E-state index contributed by atoms with van der Waals surface area (Å²) in [5.41, 5.74) is 11.5. The molecule has 0 bridgehead atoms. The Balaban J connectivity index is 2.14. The van der Waals surface area contributed by atoms with Crippen LogP contribution < -0.4 is 11.1 Å². The lowest BCUT2D eigenvalue weighted by Crippen LogP contribution is -2.42. The van der Waals surface area contributed by atoms with Crippen molar-refractivity contribution < 1.29 is 4.79 Å². The van der Waals surface area contributed by atoms with Gasteiger partial charge in [-0.05, 0) is 62.1 Å². The average Bonchev–Trinajstić information content (AvgIpc) is 3.05. The van der Waals surface area contributed by atoms with E-state index in [0.717, 1.165) is 33.4 Å². The number of hydrogen-bond donors (Lipinski definition) is 3. The van der Waals surface area contributed by atoms with Crippen LogP contribution in [0.25, 0.3) is 22.2 Å². The van der Waals surface area contributed by atoms with Gasteiger partial charge < -0.3 is 16.0 Å². The first-order valence-electron chi connectivity index (χ1n) is 9.83. The summed E-state index contributed by atoms with van der Waals surface area (Å²) in [5.74, 6) is 0.325. The molecule has 5 heteroatoms. The maximum atomic E-state index is 12.7. The predicted octanol–water partition coefficient (Wildman–Crippen LogP) is 4.01. The molecule has 0 radical (unpaired) electrons. The summed E-state index contributed by atoms with van der Waals surface area (Å²) < 4.78 is 0. The minimum atomic E-state index is -0.637. The standard InChI is InChI=1S/C23H30N4O/c1-14(2)20-18-13-17(23(4,5)22(28)26-11-9-24)6-7-19(18)27-21(20)16-8-10-25-15(3)12-16/h6-8,10,12-14,27H,9,11,24H2,1-5H3,(H,26,28). The number of amides is 1. The molecule has 0 atom stereocenters. The Labute approximate surface area is 166 Å². The minimum Gasteiger partial charge on any atom is -0.354 e. The summed E-state index contributed by atoms with van der Waals surface area (Å²) in [5, 5.41) is 4.08. The molecule has 2 heterocycles. The molecule has 0 aliphatic carbocycles. The fourth-order valence-corrected chi connectivity index (χ4v) is 3.67. The van der Waals surface area contributed by atoms with Gasteiger partial charge in [-0.2, -0.15) is 0 Å². The zero-order chi connectivity index (χ0) is 20.5. The number of hydrogen-bond acceptors (Lipinski definition) is 3. The zero-order valence-electron chi connectivity index (χ0n) is 17.4. The number of aromatic nitrogens is 2. The van der Waals surface area contributed by atoms with Crippen LogP contribution in [0.1, 0.15) is 50.4 Å². The second kappa shape index (κ2) is 7.76. The number of benzene rings is 1. The van der Waals surface area contributed by atoms with Gasteiger partial charge in [-0.1, -0.05) is 19.9 Å². The molecule has 5 nitrogen and oxygen atoms in total. The highest BCUT2D eigenvalue weighted by molar-refractivity contribution is 5.94. The van der Waals surface area contributed by atoms with Gasteiger partial charge in [-0.15, -0.1) is 0 Å². The first-order valence-corrected chi connectivity index (χ1v) is 9.83. The van der Waals surface area contributed by atoms with Gasteiger partial charge in [-0.3, -0.25) is 9.78 Å². The molecule has 0 spiro atoms. The van der Waals surface area contributed by atoms with E-state index in [1.807, 2.05) is 39.1 Å². The molecule has 0 unspecified atom stereocenters. The Hall–Kier alpha value is -2.66. The first-order chi connectivity index (χ1) is 13.3. The van der Waals surface area contributed by atoms with Crippen molar-refractivity contribution >= 4 is 16.8 Å². The third-order valence-corrected chi connectivity index (χ3v) is 5.32. The van der Waals surface area contributed by atoms with E-state index in [1.54, 1.807) is 0 Å². The van der Waals surface area contributed by atoms with Crippen LogP contribution in [0.5, 0.6) is 0 Å². The van der Waals surface area contributed by atoms with E-state index in [2.05, 4.69) is 47.3 Å². The van der Waals surface area contributed by atoms with Crippen LogP contribution in [-0.4, -0.2) is 29.0 Å². The van der Waals surface area contributed by atoms with Crippen molar-refractivity contribution in [1.29, 1.82) is 0 Å². The summed E-state index contributed by atoms with van der Waals surface area (Å²) in [6, 6.07) is 10.4. The van der Waals surface area contributed by atoms with E-state index in [-0.39, 0.29) is 5.91 Å². The third kappa shape index (κ3) is 3.67. The number of pyridine rings is 1. The topological polar surface area (TPSA) is 83.8 Å². The Morgan fingerprint density at radius 1 is 1.25 bits per heavy atom. The van der Waals surface area contributed by atoms with Crippen LogP contribution in [0.15, 0.2) is 36.5 Å². The van der Waals surface area contributed by atoms with Crippen LogP contribution in [0, 0.1) is 6.92 Å². The Morgan fingerprint density at radius 3 is 2.64 bits per heavy atom. The number of aromatic amines is 1. The minimum absolute atomic E-state index is 0.0103. The Bertz CT molecular complexity index is 1000. The van der Waals surface area contributed by atoms with Crippen LogP contribution in [0.3, 0.4) is 0 Å². The van der Waals surface area contributed by atoms with Crippen molar-refractivity contribution in [2.75, 3.05) is 13.1 Å². The molecule has 0 aliphatic rings. The van der Waals surface area contributed by atoms with Crippen LogP contribution >= 0.6 is 0 Å². The Kier molecular flexibility index (Phi) is 5.57. The lowest BCUT2D eigenvalue weighted by molar-refractivity contribution is -0.125. The summed E-state index contributed by atoms with van der Waals surface area (Å²) in [6.45, 7) is 11.2. The van der Waals surface area contributed by atoms with Crippen molar-refractivity contribution in [1.82, 2.24) is 15.3 Å². The molecule has 0 aliphatic heterocycles. The maximum Gasteiger partial charge on any atom is 0.230 e. The predicted molar refractivity (Wildman–Crippen MR) is 115 cm³/mol. The number of carbonyl (C=O) groups is 1. The lowest BCUT2D eigenvalue weighted by atomic mass is 9.82. The number of H-pyrrole nitrogens is 1. The smallest absolute Gasteiger partial charge is 0.230 e. The molecule has 1 aromatic carbocycles. The lowest BCUT2D eigenvalue weighted by Gasteiger charge is -2.24. The van der Waals surface area contributed by atoms with Gasteiger partial charge in [0.1, 0.15) is 0 Å². The van der Waals surface area contributed by atoms with E-state index in [9.17, 15) is 4.79 Å². The number of carbonyl (C=O) groups excluding carboxylic acids is 1. The number of rotatable bonds is 6. The molecule has 28 heavy (non-hydrogen) atoms. The normalized spacial score (nSPS) is 12.0. The summed E-state index contributed by atoms with van der Waals surface area (Å²) >= 11 is 0. The molecule has 0 saturated heterocycles. The number of nitrogens with two attached hydrogens (primary N) is 1. The zero-order valence-corrected chi connectivity index (χ0v) is 17.4. The van der Waals surface area contributed by atoms with Crippen LogP contribution in [0.2, 0.25) is 0 Å². The SMILES string of the molecule is Cc1cc(-c2[nH]c3ccc(C(C)(C)C(=O)NCCN)cc3c2C(C)C)ccn1. The number of fused-ring (bicyclic) bond motifs is 1. The quantitative estimate of drug-likeness (QED) is 0.606. The van der Waals surface area contributed by atoms with Crippen molar-refractivity contribution in [2.24, 2.45) is 5.73 Å². The molecule has 0 fully saturated rings. The molecular weight excluding hydrogens is 348 g/mol. The van der Waals surface area contributed by atoms with Gasteiger partial charge >= 0.3 is 0 Å². The van der Waals surface area contributed by atoms with Gasteiger partial charge in [0.2, 0.25) is 5.91 Å². The van der Waals surface area contributed by atoms with Crippen molar-refractivity contribution in [3.05, 3.63) is 53.3 Å². The van der Waals surface area contributed by atoms with E-state index in [4.69, 9.17) is 5.73 Å². The average molecular weight is 379 g/mol. The summed E-state index contributed by atoms with van der Waals surface area (Å²) in [6.07, 6.45) is 1.84. The molecule has 1 amide bonds. The molecule has 3 rings (SSSR count). The number of aryl methyl sites for hydroxylation is 1. The highest BCUT2D eigenvalue weighted by Gasteiger charge is 2.30. The van der Waals surface area contributed by atoms with Gasteiger partial charge in [0.05, 0.1) is 11.1 Å². The van der Waals surface area contributed by atoms with Crippen molar-refractivity contribution in [3.63, 3.8) is 0 Å². The Morgan fingerprint density at radius 2 is 2.00 bits per heavy atom. The molecule has 2 aromatic heterocycles. The molecule has 0 saturated carbocycles. The van der Waals surface area contributed by atoms with E-state index < -0.39 is 5.41 Å². The fraction of sp³-hybridized carbons (Fsp3) is 0.391. The van der Waals surface area contributed by atoms with Gasteiger partial charge in [0.25, 0.3) is 0 Å². The van der Waals surface area contributed by atoms with Gasteiger partial charge in [0.15, 0.2) is 0 Å². The van der Waals surface area contributed by atoms with Gasteiger partial charge in [-0.25, -0.2) is 0 Å². The summed E-state index contributed by atoms with van der Waals surface area (Å²) in [7, 11) is 0. The van der Waals surface area contributed by atoms with Crippen molar-refractivity contribution in [3.8, 4) is 11.3 Å².